The van der Waals surface area contributed by atoms with Crippen LogP contribution < -0.4 is 0 Å². The molecule has 0 saturated carbocycles. The summed E-state index contributed by atoms with van der Waals surface area (Å²) in [5.74, 6) is 0.900. The smallest absolute Gasteiger partial charge is 0.00130 e. The quantitative estimate of drug-likeness (QED) is 0.426. The monoisotopic (exact) mass is 362 g/mol. The maximum Gasteiger partial charge on any atom is 0.00130 e. The third-order valence-electron chi connectivity index (χ3n) is 7.66. The van der Waals surface area contributed by atoms with Gasteiger partial charge in [-0.2, -0.15) is 12.6 Å². The third kappa shape index (κ3) is 4.12. The summed E-state index contributed by atoms with van der Waals surface area (Å²) >= 11 is 4.75. The van der Waals surface area contributed by atoms with E-state index in [0.29, 0.717) is 0 Å². The van der Waals surface area contributed by atoms with Crippen molar-refractivity contribution in [2.45, 2.75) is 111 Å². The molecular weight excluding hydrogens is 320 g/mol. The Labute approximate surface area is 163 Å². The first-order chi connectivity index (χ1) is 11.6. The zero-order chi connectivity index (χ0) is 19.5. The van der Waals surface area contributed by atoms with Gasteiger partial charge in [-0.05, 0) is 77.9 Å². The van der Waals surface area contributed by atoms with Gasteiger partial charge in [-0.25, -0.2) is 0 Å². The fourth-order valence-electron chi connectivity index (χ4n) is 3.99. The minimum Gasteiger partial charge on any atom is -0.178 e. The van der Waals surface area contributed by atoms with Crippen LogP contribution in [0.2, 0.25) is 0 Å². The lowest BCUT2D eigenvalue weighted by molar-refractivity contribution is 0.416. The number of benzene rings is 1. The molecule has 0 spiro atoms. The summed E-state index contributed by atoms with van der Waals surface area (Å²) in [5.41, 5.74) is 6.78. The van der Waals surface area contributed by atoms with Gasteiger partial charge in [0.1, 0.15) is 0 Å². The number of thiol groups is 1. The fourth-order valence-corrected chi connectivity index (χ4v) is 4.39. The summed E-state index contributed by atoms with van der Waals surface area (Å²) in [7, 11) is 0. The van der Waals surface area contributed by atoms with Gasteiger partial charge < -0.3 is 0 Å². The van der Waals surface area contributed by atoms with Gasteiger partial charge in [0.05, 0.1) is 0 Å². The van der Waals surface area contributed by atoms with Gasteiger partial charge in [0.25, 0.3) is 0 Å². The van der Waals surface area contributed by atoms with Crippen molar-refractivity contribution in [3.8, 4) is 0 Å². The number of rotatable bonds is 9. The van der Waals surface area contributed by atoms with Gasteiger partial charge in [0.15, 0.2) is 0 Å². The van der Waals surface area contributed by atoms with Crippen molar-refractivity contribution in [1.29, 1.82) is 0 Å². The molecule has 0 aliphatic carbocycles. The maximum absolute atomic E-state index is 4.75. The van der Waals surface area contributed by atoms with Crippen LogP contribution in [-0.4, -0.2) is 5.75 Å². The highest BCUT2D eigenvalue weighted by Crippen LogP contribution is 2.43. The van der Waals surface area contributed by atoms with Crippen LogP contribution in [0.15, 0.2) is 12.1 Å². The van der Waals surface area contributed by atoms with Gasteiger partial charge in [0.2, 0.25) is 0 Å². The van der Waals surface area contributed by atoms with Crippen LogP contribution in [-0.2, 0) is 16.2 Å². The van der Waals surface area contributed by atoms with Crippen molar-refractivity contribution >= 4 is 12.6 Å². The molecule has 0 aliphatic rings. The van der Waals surface area contributed by atoms with Crippen molar-refractivity contribution in [1.82, 2.24) is 0 Å². The zero-order valence-electron chi connectivity index (χ0n) is 18.3. The van der Waals surface area contributed by atoms with E-state index in [9.17, 15) is 0 Å². The van der Waals surface area contributed by atoms with E-state index in [2.05, 4.69) is 74.4 Å². The average Bonchev–Trinajstić information content (AvgIpc) is 2.66. The summed E-state index contributed by atoms with van der Waals surface area (Å²) in [5, 5.41) is 0. The van der Waals surface area contributed by atoms with Crippen molar-refractivity contribution < 1.29 is 0 Å². The van der Waals surface area contributed by atoms with Gasteiger partial charge >= 0.3 is 0 Å². The summed E-state index contributed by atoms with van der Waals surface area (Å²) in [6, 6.07) is 5.07. The number of hydrogen-bond donors (Lipinski definition) is 1. The van der Waals surface area contributed by atoms with Crippen LogP contribution in [0.5, 0.6) is 0 Å². The Morgan fingerprint density at radius 3 is 1.36 bits per heavy atom. The molecule has 0 radical (unpaired) electrons. The van der Waals surface area contributed by atoms with E-state index in [1.165, 1.54) is 42.4 Å². The molecule has 25 heavy (non-hydrogen) atoms. The molecule has 0 nitrogen and oxygen atoms in total. The van der Waals surface area contributed by atoms with Gasteiger partial charge in [-0.3, -0.25) is 0 Å². The van der Waals surface area contributed by atoms with E-state index >= 15 is 0 Å². The van der Waals surface area contributed by atoms with Crippen LogP contribution in [0.3, 0.4) is 0 Å². The Kier molecular flexibility index (Phi) is 7.69. The first-order valence-corrected chi connectivity index (χ1v) is 11.0. The highest BCUT2D eigenvalue weighted by atomic mass is 32.1. The lowest BCUT2D eigenvalue weighted by Crippen LogP contribution is -2.30. The van der Waals surface area contributed by atoms with Crippen LogP contribution >= 0.6 is 12.6 Å². The van der Waals surface area contributed by atoms with Crippen LogP contribution in [0.25, 0.3) is 0 Å². The van der Waals surface area contributed by atoms with Crippen molar-refractivity contribution in [2.24, 2.45) is 0 Å². The second-order valence-electron chi connectivity index (χ2n) is 8.80. The second kappa shape index (κ2) is 8.51. The molecule has 0 saturated heterocycles. The van der Waals surface area contributed by atoms with Gasteiger partial charge in [-0.1, -0.05) is 67.5 Å². The maximum atomic E-state index is 4.75. The van der Waals surface area contributed by atoms with E-state index in [1.807, 2.05) is 0 Å². The highest BCUT2D eigenvalue weighted by Gasteiger charge is 2.34. The lowest BCUT2D eigenvalue weighted by atomic mass is 9.67. The molecule has 1 heteroatoms. The second-order valence-corrected chi connectivity index (χ2v) is 9.12. The largest absolute Gasteiger partial charge is 0.178 e. The van der Waals surface area contributed by atoms with Crippen molar-refractivity contribution in [2.75, 3.05) is 5.75 Å². The molecule has 0 N–H and O–H groups in total. The van der Waals surface area contributed by atoms with E-state index < -0.39 is 0 Å². The Morgan fingerprint density at radius 2 is 1.04 bits per heavy atom. The molecule has 1 aromatic rings. The minimum atomic E-state index is 0.142. The standard InChI is InChI=1S/C24H42S/c1-10-22(7,11-2)19-15-20(23(8,12-3)13-4)18(6)21(16-19)24(9,14-5)17-25/h15-16,25H,10-14,17H2,1-9H3. The summed E-state index contributed by atoms with van der Waals surface area (Å²) in [6.07, 6.45) is 5.87. The highest BCUT2D eigenvalue weighted by molar-refractivity contribution is 7.80. The Balaban J connectivity index is 3.86. The summed E-state index contributed by atoms with van der Waals surface area (Å²) in [4.78, 5) is 0. The molecular formula is C24H42S. The molecule has 1 aromatic carbocycles. The van der Waals surface area contributed by atoms with Crippen LogP contribution in [0.4, 0.5) is 0 Å². The molecule has 0 heterocycles. The Bertz CT molecular complexity index is 518. The molecule has 0 bridgehead atoms. The van der Waals surface area contributed by atoms with E-state index in [0.717, 1.165) is 12.2 Å². The zero-order valence-corrected chi connectivity index (χ0v) is 19.2. The predicted octanol–water partition coefficient (Wildman–Crippen LogP) is 7.75. The lowest BCUT2D eigenvalue weighted by Gasteiger charge is -2.38. The summed E-state index contributed by atoms with van der Waals surface area (Å²) in [6.45, 7) is 21.3. The fraction of sp³-hybridized carbons (Fsp3) is 0.750. The summed E-state index contributed by atoms with van der Waals surface area (Å²) < 4.78 is 0. The van der Waals surface area contributed by atoms with Crippen molar-refractivity contribution in [3.05, 3.63) is 34.4 Å². The SMILES string of the molecule is CCC(C)(CC)c1cc(C(C)(CC)CC)c(C)c(C(C)(CC)CS)c1. The molecule has 0 fully saturated rings. The molecule has 1 atom stereocenters. The van der Waals surface area contributed by atoms with Crippen molar-refractivity contribution in [3.63, 3.8) is 0 Å². The normalized spacial score (nSPS) is 15.3. The first-order valence-electron chi connectivity index (χ1n) is 10.4. The van der Waals surface area contributed by atoms with E-state index in [-0.39, 0.29) is 16.2 Å². The van der Waals surface area contributed by atoms with E-state index in [1.54, 1.807) is 5.56 Å². The molecule has 1 unspecified atom stereocenters. The molecule has 0 amide bonds. The Morgan fingerprint density at radius 1 is 0.680 bits per heavy atom. The van der Waals surface area contributed by atoms with Gasteiger partial charge in [0, 0.05) is 5.41 Å². The number of hydrogen-bond acceptors (Lipinski definition) is 1. The van der Waals surface area contributed by atoms with Crippen LogP contribution in [0.1, 0.15) is 110 Å². The van der Waals surface area contributed by atoms with Crippen LogP contribution in [0, 0.1) is 6.92 Å². The topological polar surface area (TPSA) is 0 Å². The molecule has 0 aromatic heterocycles. The third-order valence-corrected chi connectivity index (χ3v) is 8.35. The van der Waals surface area contributed by atoms with E-state index in [4.69, 9.17) is 12.6 Å². The predicted molar refractivity (Wildman–Crippen MR) is 119 cm³/mol. The molecule has 0 aliphatic heterocycles. The van der Waals surface area contributed by atoms with Gasteiger partial charge in [-0.15, -0.1) is 0 Å². The molecule has 1 rings (SSSR count). The minimum absolute atomic E-state index is 0.142. The molecule has 144 valence electrons. The average molecular weight is 363 g/mol. The first kappa shape index (κ1) is 22.6. The Hall–Kier alpha value is -0.430.